The van der Waals surface area contributed by atoms with E-state index in [9.17, 15) is 5.11 Å². The molecule has 0 saturated carbocycles. The van der Waals surface area contributed by atoms with E-state index in [2.05, 4.69) is 16.8 Å². The first-order valence-corrected chi connectivity index (χ1v) is 6.48. The van der Waals surface area contributed by atoms with Gasteiger partial charge in [0.15, 0.2) is 0 Å². The summed E-state index contributed by atoms with van der Waals surface area (Å²) in [5.41, 5.74) is 1.68. The highest BCUT2D eigenvalue weighted by Crippen LogP contribution is 2.18. The molecule has 0 aliphatic carbocycles. The molecule has 1 rings (SSSR count). The fraction of sp³-hybridized carbons (Fsp3) is 0.643. The van der Waals surface area contributed by atoms with Crippen molar-refractivity contribution in [1.82, 2.24) is 4.98 Å². The van der Waals surface area contributed by atoms with Crippen LogP contribution in [0, 0.1) is 0 Å². The number of aliphatic hydroxyl groups is 1. The van der Waals surface area contributed by atoms with E-state index >= 15 is 0 Å². The van der Waals surface area contributed by atoms with Crippen molar-refractivity contribution in [3.05, 3.63) is 24.0 Å². The Balaban J connectivity index is 2.83. The molecule has 1 aromatic heterocycles. The Morgan fingerprint density at radius 3 is 2.47 bits per heavy atom. The van der Waals surface area contributed by atoms with Crippen molar-refractivity contribution in [2.75, 3.05) is 38.9 Å². The lowest BCUT2D eigenvalue weighted by atomic mass is 10.2. The van der Waals surface area contributed by atoms with E-state index in [1.807, 2.05) is 12.1 Å². The number of hydrogen-bond acceptors (Lipinski definition) is 5. The number of anilines is 1. The minimum absolute atomic E-state index is 0.236. The van der Waals surface area contributed by atoms with E-state index in [4.69, 9.17) is 9.47 Å². The zero-order valence-electron chi connectivity index (χ0n) is 12.2. The van der Waals surface area contributed by atoms with E-state index in [1.54, 1.807) is 27.3 Å². The lowest BCUT2D eigenvalue weighted by Crippen LogP contribution is -2.38. The molecule has 19 heavy (non-hydrogen) atoms. The molecule has 0 radical (unpaired) electrons. The predicted molar refractivity (Wildman–Crippen MR) is 75.4 cm³/mol. The van der Waals surface area contributed by atoms with Crippen LogP contribution in [0.25, 0.3) is 0 Å². The molecule has 0 amide bonds. The van der Waals surface area contributed by atoms with Gasteiger partial charge in [0, 0.05) is 26.8 Å². The minimum atomic E-state index is -0.544. The van der Waals surface area contributed by atoms with Crippen LogP contribution in [0.1, 0.15) is 25.6 Å². The third-order valence-electron chi connectivity index (χ3n) is 3.01. The quantitative estimate of drug-likeness (QED) is 0.776. The summed E-state index contributed by atoms with van der Waals surface area (Å²) in [6.45, 7) is 5.87. The standard InChI is InChI=1S/C14H24N2O3/c1-11(10-19-4)16(7-8-18-3)13-5-6-14(12(2)17)15-9-13/h5-6,9,11-12,17H,7-8,10H2,1-4H3. The van der Waals surface area contributed by atoms with Gasteiger partial charge in [-0.1, -0.05) is 0 Å². The van der Waals surface area contributed by atoms with Crippen LogP contribution >= 0.6 is 0 Å². The number of ether oxygens (including phenoxy) is 2. The molecule has 1 aromatic rings. The highest BCUT2D eigenvalue weighted by Gasteiger charge is 2.15. The lowest BCUT2D eigenvalue weighted by Gasteiger charge is -2.30. The average molecular weight is 268 g/mol. The Morgan fingerprint density at radius 1 is 1.26 bits per heavy atom. The second-order valence-electron chi connectivity index (χ2n) is 4.61. The molecular weight excluding hydrogens is 244 g/mol. The van der Waals surface area contributed by atoms with Crippen molar-refractivity contribution >= 4 is 5.69 Å². The highest BCUT2D eigenvalue weighted by molar-refractivity contribution is 5.45. The van der Waals surface area contributed by atoms with Crippen molar-refractivity contribution in [1.29, 1.82) is 0 Å². The largest absolute Gasteiger partial charge is 0.387 e. The highest BCUT2D eigenvalue weighted by atomic mass is 16.5. The van der Waals surface area contributed by atoms with Crippen LogP contribution in [0.5, 0.6) is 0 Å². The molecule has 0 fully saturated rings. The fourth-order valence-electron chi connectivity index (χ4n) is 1.94. The first-order valence-electron chi connectivity index (χ1n) is 6.48. The van der Waals surface area contributed by atoms with Gasteiger partial charge in [-0.25, -0.2) is 0 Å². The van der Waals surface area contributed by atoms with Crippen molar-refractivity contribution in [3.8, 4) is 0 Å². The zero-order valence-corrected chi connectivity index (χ0v) is 12.2. The molecule has 0 aliphatic rings. The number of pyridine rings is 1. The summed E-state index contributed by atoms with van der Waals surface area (Å²) in [6.07, 6.45) is 1.24. The maximum Gasteiger partial charge on any atom is 0.0931 e. The number of methoxy groups -OCH3 is 2. The van der Waals surface area contributed by atoms with Gasteiger partial charge < -0.3 is 19.5 Å². The average Bonchev–Trinajstić information content (AvgIpc) is 2.40. The van der Waals surface area contributed by atoms with E-state index < -0.39 is 6.10 Å². The first kappa shape index (κ1) is 15.9. The van der Waals surface area contributed by atoms with E-state index in [-0.39, 0.29) is 6.04 Å². The molecule has 108 valence electrons. The van der Waals surface area contributed by atoms with Gasteiger partial charge in [0.2, 0.25) is 0 Å². The Labute approximate surface area is 115 Å². The van der Waals surface area contributed by atoms with Gasteiger partial charge in [0.25, 0.3) is 0 Å². The second-order valence-corrected chi connectivity index (χ2v) is 4.61. The van der Waals surface area contributed by atoms with E-state index in [0.29, 0.717) is 18.9 Å². The van der Waals surface area contributed by atoms with Crippen molar-refractivity contribution < 1.29 is 14.6 Å². The summed E-state index contributed by atoms with van der Waals surface area (Å²) >= 11 is 0. The summed E-state index contributed by atoms with van der Waals surface area (Å²) in [5.74, 6) is 0. The van der Waals surface area contributed by atoms with E-state index in [1.165, 1.54) is 0 Å². The third-order valence-corrected chi connectivity index (χ3v) is 3.01. The van der Waals surface area contributed by atoms with Crippen LogP contribution in [0.15, 0.2) is 18.3 Å². The Kier molecular flexibility index (Phi) is 6.77. The molecule has 0 spiro atoms. The van der Waals surface area contributed by atoms with Gasteiger partial charge in [-0.3, -0.25) is 4.98 Å². The van der Waals surface area contributed by atoms with Crippen LogP contribution in [-0.2, 0) is 9.47 Å². The monoisotopic (exact) mass is 268 g/mol. The van der Waals surface area contributed by atoms with Gasteiger partial charge in [-0.15, -0.1) is 0 Å². The van der Waals surface area contributed by atoms with Crippen LogP contribution in [-0.4, -0.2) is 50.1 Å². The molecule has 5 nitrogen and oxygen atoms in total. The Hall–Kier alpha value is -1.17. The topological polar surface area (TPSA) is 54.8 Å². The van der Waals surface area contributed by atoms with Gasteiger partial charge >= 0.3 is 0 Å². The maximum absolute atomic E-state index is 9.47. The molecule has 0 bridgehead atoms. The number of aromatic nitrogens is 1. The summed E-state index contributed by atoms with van der Waals surface area (Å²) in [5, 5.41) is 9.47. The molecule has 0 saturated heterocycles. The summed E-state index contributed by atoms with van der Waals surface area (Å²) in [7, 11) is 3.38. The zero-order chi connectivity index (χ0) is 14.3. The van der Waals surface area contributed by atoms with Gasteiger partial charge in [0.05, 0.1) is 36.9 Å². The van der Waals surface area contributed by atoms with Gasteiger partial charge in [0.1, 0.15) is 0 Å². The molecule has 2 unspecified atom stereocenters. The van der Waals surface area contributed by atoms with Crippen molar-refractivity contribution in [2.45, 2.75) is 26.0 Å². The van der Waals surface area contributed by atoms with Crippen molar-refractivity contribution in [3.63, 3.8) is 0 Å². The SMILES string of the molecule is COCCN(c1ccc(C(C)O)nc1)C(C)COC. The molecule has 0 aliphatic heterocycles. The van der Waals surface area contributed by atoms with Gasteiger partial charge in [-0.2, -0.15) is 0 Å². The number of aliphatic hydroxyl groups excluding tert-OH is 1. The van der Waals surface area contributed by atoms with Gasteiger partial charge in [-0.05, 0) is 26.0 Å². The van der Waals surface area contributed by atoms with Crippen LogP contribution < -0.4 is 4.90 Å². The molecule has 1 N–H and O–H groups in total. The maximum atomic E-state index is 9.47. The van der Waals surface area contributed by atoms with Crippen LogP contribution in [0.3, 0.4) is 0 Å². The molecular formula is C14H24N2O3. The fourth-order valence-corrected chi connectivity index (χ4v) is 1.94. The van der Waals surface area contributed by atoms with Crippen LogP contribution in [0.2, 0.25) is 0 Å². The summed E-state index contributed by atoms with van der Waals surface area (Å²) in [6, 6.07) is 4.05. The summed E-state index contributed by atoms with van der Waals surface area (Å²) < 4.78 is 10.3. The molecule has 5 heteroatoms. The van der Waals surface area contributed by atoms with E-state index in [0.717, 1.165) is 12.2 Å². The minimum Gasteiger partial charge on any atom is -0.387 e. The lowest BCUT2D eigenvalue weighted by molar-refractivity contribution is 0.171. The van der Waals surface area contributed by atoms with Crippen LogP contribution in [0.4, 0.5) is 5.69 Å². The smallest absolute Gasteiger partial charge is 0.0931 e. The second kappa shape index (κ2) is 8.09. The molecule has 1 heterocycles. The number of nitrogens with zero attached hydrogens (tertiary/aromatic N) is 2. The Morgan fingerprint density at radius 2 is 2.00 bits per heavy atom. The number of hydrogen-bond donors (Lipinski definition) is 1. The summed E-state index contributed by atoms with van der Waals surface area (Å²) in [4.78, 5) is 6.46. The first-order chi connectivity index (χ1) is 9.10. The molecule has 0 aromatic carbocycles. The predicted octanol–water partition coefficient (Wildman–Crippen LogP) is 1.62. The van der Waals surface area contributed by atoms with Crippen molar-refractivity contribution in [2.24, 2.45) is 0 Å². The third kappa shape index (κ3) is 4.78. The number of rotatable bonds is 8. The normalized spacial score (nSPS) is 14.2. The Bertz CT molecular complexity index is 354. The molecule has 2 atom stereocenters.